The Kier molecular flexibility index (Phi) is 27.8. The lowest BCUT2D eigenvalue weighted by atomic mass is 10.1. The second-order valence-corrected chi connectivity index (χ2v) is 5.93. The molecular formula is C26H22N6O6. The van der Waals surface area contributed by atoms with Crippen LogP contribution in [0.25, 0.3) is 0 Å². The van der Waals surface area contributed by atoms with Gasteiger partial charge in [0.15, 0.2) is 0 Å². The van der Waals surface area contributed by atoms with Crippen LogP contribution in [0, 0.1) is 28.6 Å². The summed E-state index contributed by atoms with van der Waals surface area (Å²) in [5.74, 6) is 0. The normalized spacial score (nSPS) is 7.08. The molecule has 0 aliphatic rings. The van der Waals surface area contributed by atoms with E-state index < -0.39 is 0 Å². The Bertz CT molecular complexity index is 1210. The second-order valence-electron chi connectivity index (χ2n) is 5.93. The zero-order chi connectivity index (χ0) is 29.4. The van der Waals surface area contributed by atoms with E-state index in [0.29, 0.717) is 11.4 Å². The summed E-state index contributed by atoms with van der Waals surface area (Å²) in [6.07, 6.45) is 6.87. The first kappa shape index (κ1) is 36.5. The summed E-state index contributed by atoms with van der Waals surface area (Å²) >= 11 is 0. The molecule has 3 aromatic carbocycles. The highest BCUT2D eigenvalue weighted by Crippen LogP contribution is 2.23. The second kappa shape index (κ2) is 29.0. The van der Waals surface area contributed by atoms with Gasteiger partial charge in [0.05, 0.1) is 11.4 Å². The molecule has 3 aromatic rings. The molecule has 0 aliphatic carbocycles. The third-order valence-electron chi connectivity index (χ3n) is 3.63. The van der Waals surface area contributed by atoms with Gasteiger partial charge in [0, 0.05) is 0 Å². The van der Waals surface area contributed by atoms with Gasteiger partial charge < -0.3 is 0 Å². The zero-order valence-corrected chi connectivity index (χ0v) is 20.1. The van der Waals surface area contributed by atoms with E-state index in [2.05, 4.69) is 70.6 Å². The summed E-state index contributed by atoms with van der Waals surface area (Å²) in [7, 11) is 0. The van der Waals surface area contributed by atoms with E-state index in [-0.39, 0.29) is 0 Å². The summed E-state index contributed by atoms with van der Waals surface area (Å²) in [5, 5.41) is 21.6. The standard InChI is InChI=1S/C13H12.C9H6N2O2.4CHNO/c1-3-7-12(8-4-1)11-13-9-5-2-6-10-13;1-7-2-3-8(10-5-12)4-9(7)11-6-13;4*2-1-3/h1-10H,11H2;2-4H,1H3;4*2H. The van der Waals surface area contributed by atoms with Gasteiger partial charge in [0.1, 0.15) is 0 Å². The van der Waals surface area contributed by atoms with Crippen molar-refractivity contribution in [2.75, 3.05) is 0 Å². The first-order valence-corrected chi connectivity index (χ1v) is 9.89. The van der Waals surface area contributed by atoms with Gasteiger partial charge in [-0.25, -0.2) is 50.4 Å². The summed E-state index contributed by atoms with van der Waals surface area (Å²) in [4.78, 5) is 60.2. The van der Waals surface area contributed by atoms with Crippen LogP contribution in [-0.4, -0.2) is 36.5 Å². The third kappa shape index (κ3) is 23.1. The van der Waals surface area contributed by atoms with Crippen LogP contribution in [0.5, 0.6) is 0 Å². The summed E-state index contributed by atoms with van der Waals surface area (Å²) in [6.45, 7) is 1.80. The van der Waals surface area contributed by atoms with E-state index in [1.807, 2.05) is 0 Å². The molecule has 0 saturated carbocycles. The van der Waals surface area contributed by atoms with Crippen LogP contribution in [0.4, 0.5) is 11.4 Å². The Hall–Kier alpha value is -6.06. The molecule has 12 nitrogen and oxygen atoms in total. The van der Waals surface area contributed by atoms with Crippen molar-refractivity contribution in [2.45, 2.75) is 13.3 Å². The molecule has 0 aliphatic heterocycles. The molecule has 0 spiro atoms. The number of rotatable bonds is 4. The van der Waals surface area contributed by atoms with Crippen molar-refractivity contribution in [3.8, 4) is 0 Å². The summed E-state index contributed by atoms with van der Waals surface area (Å²) in [6, 6.07) is 25.9. The van der Waals surface area contributed by atoms with Crippen LogP contribution in [0.2, 0.25) is 0 Å². The van der Waals surface area contributed by atoms with E-state index in [0.717, 1.165) is 36.3 Å². The van der Waals surface area contributed by atoms with E-state index in [1.165, 1.54) is 29.4 Å². The lowest BCUT2D eigenvalue weighted by Crippen LogP contribution is -1.85. The molecule has 0 fully saturated rings. The average molecular weight is 514 g/mol. The number of hydrogen-bond donors (Lipinski definition) is 4. The third-order valence-corrected chi connectivity index (χ3v) is 3.63. The molecule has 0 unspecified atom stereocenters. The fraction of sp³-hybridized carbons (Fsp3) is 0.0769. The zero-order valence-electron chi connectivity index (χ0n) is 20.1. The van der Waals surface area contributed by atoms with Crippen molar-refractivity contribution >= 4 is 47.9 Å². The van der Waals surface area contributed by atoms with Crippen molar-refractivity contribution in [2.24, 2.45) is 9.98 Å². The van der Waals surface area contributed by atoms with Gasteiger partial charge in [0.2, 0.25) is 36.5 Å². The molecule has 0 radical (unpaired) electrons. The van der Waals surface area contributed by atoms with Gasteiger partial charge in [-0.15, -0.1) is 0 Å². The van der Waals surface area contributed by atoms with Gasteiger partial charge in [-0.05, 0) is 42.2 Å². The minimum absolute atomic E-state index is 0.426. The predicted octanol–water partition coefficient (Wildman–Crippen LogP) is 4.81. The molecule has 0 aromatic heterocycles. The summed E-state index contributed by atoms with van der Waals surface area (Å²) in [5.41, 5.74) is 4.46. The Labute approximate surface area is 217 Å². The topological polar surface area (TPSA) is 223 Å². The van der Waals surface area contributed by atoms with Crippen molar-refractivity contribution < 1.29 is 28.8 Å². The Morgan fingerprint density at radius 3 is 1.29 bits per heavy atom. The minimum Gasteiger partial charge on any atom is -0.222 e. The number of nitrogens with one attached hydrogen (secondary N) is 4. The molecule has 0 bridgehead atoms. The van der Waals surface area contributed by atoms with Crippen molar-refractivity contribution in [3.63, 3.8) is 0 Å². The monoisotopic (exact) mass is 514 g/mol. The smallest absolute Gasteiger partial charge is 0.222 e. The number of nitrogens with zero attached hydrogens (tertiary/aromatic N) is 2. The van der Waals surface area contributed by atoms with Gasteiger partial charge in [0.25, 0.3) is 0 Å². The van der Waals surface area contributed by atoms with E-state index in [4.69, 9.17) is 40.8 Å². The fourth-order valence-corrected chi connectivity index (χ4v) is 2.32. The average Bonchev–Trinajstić information content (AvgIpc) is 2.90. The number of hydrogen-bond acceptors (Lipinski definition) is 12. The molecule has 0 amide bonds. The molecule has 0 heterocycles. The van der Waals surface area contributed by atoms with Crippen LogP contribution in [-0.2, 0) is 35.2 Å². The molecule has 38 heavy (non-hydrogen) atoms. The number of aryl methyl sites for hydroxylation is 1. The highest BCUT2D eigenvalue weighted by molar-refractivity contribution is 5.61. The molecular weight excluding hydrogens is 492 g/mol. The maximum Gasteiger partial charge on any atom is 0.240 e. The van der Waals surface area contributed by atoms with E-state index in [9.17, 15) is 9.59 Å². The van der Waals surface area contributed by atoms with Crippen LogP contribution < -0.4 is 0 Å². The SMILES string of the molecule is Cc1ccc(N=C=O)cc1N=C=O.N=C=O.N=C=O.N=C=O.N=C=O.c1ccc(Cc2ccccc2)cc1. The first-order chi connectivity index (χ1) is 18.4. The van der Waals surface area contributed by atoms with Gasteiger partial charge in [-0.3, -0.25) is 0 Å². The Balaban J connectivity index is -0.000000458. The molecule has 0 saturated heterocycles. The number of carbonyl (C=O) groups excluding carboxylic acids is 6. The molecule has 4 N–H and O–H groups in total. The van der Waals surface area contributed by atoms with Gasteiger partial charge in [-0.1, -0.05) is 66.7 Å². The van der Waals surface area contributed by atoms with Crippen LogP contribution in [0.1, 0.15) is 16.7 Å². The lowest BCUT2D eigenvalue weighted by Gasteiger charge is -2.00. The summed E-state index contributed by atoms with van der Waals surface area (Å²) < 4.78 is 0. The minimum atomic E-state index is 0.426. The molecule has 3 rings (SSSR count). The van der Waals surface area contributed by atoms with Gasteiger partial charge >= 0.3 is 0 Å². The largest absolute Gasteiger partial charge is 0.240 e. The quantitative estimate of drug-likeness (QED) is 0.282. The highest BCUT2D eigenvalue weighted by atomic mass is 16.1. The fourth-order valence-electron chi connectivity index (χ4n) is 2.32. The van der Waals surface area contributed by atoms with Crippen molar-refractivity contribution in [3.05, 3.63) is 95.6 Å². The van der Waals surface area contributed by atoms with Crippen LogP contribution in [0.3, 0.4) is 0 Å². The maximum atomic E-state index is 10.00. The van der Waals surface area contributed by atoms with Crippen LogP contribution >= 0.6 is 0 Å². The molecule has 0 atom stereocenters. The lowest BCUT2D eigenvalue weighted by molar-refractivity contribution is 0.562. The van der Waals surface area contributed by atoms with Gasteiger partial charge in [-0.2, -0.15) is 9.98 Å². The van der Waals surface area contributed by atoms with Crippen molar-refractivity contribution in [1.82, 2.24) is 0 Å². The Morgan fingerprint density at radius 1 is 0.579 bits per heavy atom. The molecule has 12 heteroatoms. The highest BCUT2D eigenvalue weighted by Gasteiger charge is 1.97. The maximum absolute atomic E-state index is 10.00. The Morgan fingerprint density at radius 2 is 0.947 bits per heavy atom. The number of aliphatic imine (C=N–C) groups is 2. The van der Waals surface area contributed by atoms with Crippen LogP contribution in [0.15, 0.2) is 88.8 Å². The van der Waals surface area contributed by atoms with Crippen molar-refractivity contribution in [1.29, 1.82) is 21.6 Å². The van der Waals surface area contributed by atoms with E-state index >= 15 is 0 Å². The number of isocyanates is 6. The number of benzene rings is 3. The first-order valence-electron chi connectivity index (χ1n) is 9.89. The van der Waals surface area contributed by atoms with E-state index in [1.54, 1.807) is 19.1 Å². The predicted molar refractivity (Wildman–Crippen MR) is 136 cm³/mol. The molecule has 192 valence electrons.